The SMILES string of the molecule is Cc1c(C)c(N)c(P)c(N)c1N. The van der Waals surface area contributed by atoms with Crippen molar-refractivity contribution in [3.8, 4) is 0 Å². The van der Waals surface area contributed by atoms with Crippen LogP contribution in [0.1, 0.15) is 11.1 Å². The standard InChI is InChI=1S/C8H14N3P/c1-3-4(2)6(10)8(12)7(11)5(3)9/h9-12H2,1-2H3. The Morgan fingerprint density at radius 1 is 0.833 bits per heavy atom. The number of nitrogens with two attached hydrogens (primary N) is 3. The first-order valence-corrected chi connectivity index (χ1v) is 4.23. The second-order valence-corrected chi connectivity index (χ2v) is 3.48. The maximum atomic E-state index is 5.80. The van der Waals surface area contributed by atoms with E-state index in [1.807, 2.05) is 13.8 Å². The smallest absolute Gasteiger partial charge is 0.0644 e. The quantitative estimate of drug-likeness (QED) is 0.406. The zero-order chi connectivity index (χ0) is 9.46. The molecular formula is C8H14N3P. The molecule has 6 N–H and O–H groups in total. The van der Waals surface area contributed by atoms with E-state index in [9.17, 15) is 0 Å². The molecule has 0 aromatic heterocycles. The minimum absolute atomic E-state index is 0.570. The molecule has 1 aromatic rings. The summed E-state index contributed by atoms with van der Waals surface area (Å²) in [5, 5.41) is 0.801. The van der Waals surface area contributed by atoms with Gasteiger partial charge in [0.25, 0.3) is 0 Å². The Bertz CT molecular complexity index is 229. The van der Waals surface area contributed by atoms with Gasteiger partial charge in [-0.15, -0.1) is 9.24 Å². The van der Waals surface area contributed by atoms with Crippen molar-refractivity contribution in [2.45, 2.75) is 13.8 Å². The highest BCUT2D eigenvalue weighted by Crippen LogP contribution is 2.27. The van der Waals surface area contributed by atoms with Crippen LogP contribution in [0.5, 0.6) is 0 Å². The Morgan fingerprint density at radius 3 is 1.75 bits per heavy atom. The summed E-state index contributed by atoms with van der Waals surface area (Å²) >= 11 is 0. The maximum Gasteiger partial charge on any atom is 0.0644 e. The molecular weight excluding hydrogens is 169 g/mol. The molecule has 1 atom stereocenters. The van der Waals surface area contributed by atoms with Gasteiger partial charge in [-0.25, -0.2) is 0 Å². The number of anilines is 3. The predicted molar refractivity (Wildman–Crippen MR) is 58.5 cm³/mol. The number of rotatable bonds is 0. The van der Waals surface area contributed by atoms with Crippen LogP contribution in [0.2, 0.25) is 0 Å². The van der Waals surface area contributed by atoms with Gasteiger partial charge in [-0.1, -0.05) is 0 Å². The topological polar surface area (TPSA) is 78.1 Å². The number of hydrogen-bond acceptors (Lipinski definition) is 3. The average Bonchev–Trinajstić information content (AvgIpc) is 2.08. The van der Waals surface area contributed by atoms with Crippen LogP contribution in [0.3, 0.4) is 0 Å². The third-order valence-electron chi connectivity index (χ3n) is 2.24. The van der Waals surface area contributed by atoms with Gasteiger partial charge in [0.15, 0.2) is 0 Å². The van der Waals surface area contributed by atoms with Crippen molar-refractivity contribution >= 4 is 31.6 Å². The molecule has 0 aliphatic rings. The lowest BCUT2D eigenvalue weighted by molar-refractivity contribution is 1.36. The van der Waals surface area contributed by atoms with Gasteiger partial charge >= 0.3 is 0 Å². The maximum absolute atomic E-state index is 5.80. The molecule has 0 saturated carbocycles. The van der Waals surface area contributed by atoms with Gasteiger partial charge in [0, 0.05) is 11.0 Å². The fourth-order valence-corrected chi connectivity index (χ4v) is 1.47. The lowest BCUT2D eigenvalue weighted by Crippen LogP contribution is -2.14. The molecule has 1 aromatic carbocycles. The van der Waals surface area contributed by atoms with Crippen LogP contribution in [-0.2, 0) is 0 Å². The van der Waals surface area contributed by atoms with Crippen LogP contribution >= 0.6 is 9.24 Å². The lowest BCUT2D eigenvalue weighted by Gasteiger charge is -2.14. The van der Waals surface area contributed by atoms with E-state index in [2.05, 4.69) is 9.24 Å². The summed E-state index contributed by atoms with van der Waals surface area (Å²) in [7, 11) is 2.51. The minimum atomic E-state index is 0.570. The first-order chi connectivity index (χ1) is 5.46. The molecule has 1 unspecified atom stereocenters. The molecule has 0 spiro atoms. The van der Waals surface area contributed by atoms with Crippen LogP contribution in [0.25, 0.3) is 0 Å². The third kappa shape index (κ3) is 1.10. The highest BCUT2D eigenvalue weighted by Gasteiger charge is 2.10. The molecule has 0 fully saturated rings. The van der Waals surface area contributed by atoms with Gasteiger partial charge in [-0.3, -0.25) is 0 Å². The summed E-state index contributed by atoms with van der Waals surface area (Å²) in [6.07, 6.45) is 0. The van der Waals surface area contributed by atoms with E-state index in [0.717, 1.165) is 16.4 Å². The van der Waals surface area contributed by atoms with Gasteiger partial charge in [0.05, 0.1) is 11.4 Å². The Labute approximate surface area is 74.5 Å². The van der Waals surface area contributed by atoms with Crippen molar-refractivity contribution < 1.29 is 0 Å². The summed E-state index contributed by atoms with van der Waals surface area (Å²) < 4.78 is 0. The Morgan fingerprint density at radius 2 is 1.25 bits per heavy atom. The van der Waals surface area contributed by atoms with Crippen molar-refractivity contribution in [2.75, 3.05) is 17.2 Å². The number of benzene rings is 1. The molecule has 4 heteroatoms. The third-order valence-corrected chi connectivity index (χ3v) is 2.86. The highest BCUT2D eigenvalue weighted by molar-refractivity contribution is 7.28. The molecule has 3 nitrogen and oxygen atoms in total. The molecule has 1 rings (SSSR count). The second kappa shape index (κ2) is 2.83. The molecule has 0 amide bonds. The van der Waals surface area contributed by atoms with E-state index >= 15 is 0 Å². The van der Waals surface area contributed by atoms with Crippen LogP contribution in [0, 0.1) is 13.8 Å². The zero-order valence-electron chi connectivity index (χ0n) is 7.31. The Balaban J connectivity index is 3.60. The van der Waals surface area contributed by atoms with E-state index in [1.165, 1.54) is 0 Å². The fraction of sp³-hybridized carbons (Fsp3) is 0.250. The minimum Gasteiger partial charge on any atom is -0.398 e. The van der Waals surface area contributed by atoms with Gasteiger partial charge in [-0.05, 0) is 25.0 Å². The van der Waals surface area contributed by atoms with Crippen molar-refractivity contribution in [1.29, 1.82) is 0 Å². The fourth-order valence-electron chi connectivity index (χ4n) is 1.10. The van der Waals surface area contributed by atoms with Crippen molar-refractivity contribution in [2.24, 2.45) is 0 Å². The normalized spacial score (nSPS) is 10.2. The molecule has 66 valence electrons. The van der Waals surface area contributed by atoms with Crippen LogP contribution < -0.4 is 22.5 Å². The first kappa shape index (κ1) is 9.14. The molecule has 0 aliphatic heterocycles. The Kier molecular flexibility index (Phi) is 2.16. The summed E-state index contributed by atoms with van der Waals surface area (Å²) in [6.45, 7) is 3.86. The van der Waals surface area contributed by atoms with Gasteiger partial charge in [0.1, 0.15) is 0 Å². The van der Waals surface area contributed by atoms with Crippen LogP contribution in [-0.4, -0.2) is 0 Å². The summed E-state index contributed by atoms with van der Waals surface area (Å²) in [5.74, 6) is 0. The zero-order valence-corrected chi connectivity index (χ0v) is 8.46. The molecule has 0 heterocycles. The molecule has 0 saturated heterocycles. The van der Waals surface area contributed by atoms with E-state index < -0.39 is 0 Å². The van der Waals surface area contributed by atoms with Gasteiger partial charge < -0.3 is 17.2 Å². The second-order valence-electron chi connectivity index (χ2n) is 2.90. The highest BCUT2D eigenvalue weighted by atomic mass is 31.0. The molecule has 0 bridgehead atoms. The number of nitrogen functional groups attached to an aromatic ring is 3. The van der Waals surface area contributed by atoms with Crippen molar-refractivity contribution in [1.82, 2.24) is 0 Å². The van der Waals surface area contributed by atoms with E-state index in [0.29, 0.717) is 17.1 Å². The largest absolute Gasteiger partial charge is 0.398 e. The average molecular weight is 183 g/mol. The Hall–Kier alpha value is -0.950. The predicted octanol–water partition coefficient (Wildman–Crippen LogP) is 0.550. The lowest BCUT2D eigenvalue weighted by atomic mass is 10.0. The molecule has 0 radical (unpaired) electrons. The van der Waals surface area contributed by atoms with E-state index in [1.54, 1.807) is 0 Å². The number of hydrogen-bond donors (Lipinski definition) is 3. The van der Waals surface area contributed by atoms with E-state index in [-0.39, 0.29) is 0 Å². The van der Waals surface area contributed by atoms with Crippen molar-refractivity contribution in [3.05, 3.63) is 11.1 Å². The van der Waals surface area contributed by atoms with Gasteiger partial charge in [-0.2, -0.15) is 0 Å². The van der Waals surface area contributed by atoms with Crippen LogP contribution in [0.4, 0.5) is 17.1 Å². The molecule has 12 heavy (non-hydrogen) atoms. The van der Waals surface area contributed by atoms with Gasteiger partial charge in [0.2, 0.25) is 0 Å². The molecule has 0 aliphatic carbocycles. The van der Waals surface area contributed by atoms with E-state index in [4.69, 9.17) is 17.2 Å². The first-order valence-electron chi connectivity index (χ1n) is 3.65. The monoisotopic (exact) mass is 183 g/mol. The summed E-state index contributed by atoms with van der Waals surface area (Å²) in [4.78, 5) is 0. The summed E-state index contributed by atoms with van der Waals surface area (Å²) in [5.41, 5.74) is 21.2. The van der Waals surface area contributed by atoms with Crippen molar-refractivity contribution in [3.63, 3.8) is 0 Å². The van der Waals surface area contributed by atoms with Crippen LogP contribution in [0.15, 0.2) is 0 Å². The summed E-state index contributed by atoms with van der Waals surface area (Å²) in [6, 6.07) is 0.